The molecule has 0 radical (unpaired) electrons. The molecule has 0 aliphatic carbocycles. The summed E-state index contributed by atoms with van der Waals surface area (Å²) in [5.74, 6) is 0.826. The van der Waals surface area contributed by atoms with Crippen molar-refractivity contribution in [2.45, 2.75) is 26.4 Å². The standard InChI is InChI=1S/C20H28ClN5.HI/c1-4-22-20(23-11-10-16-8-9-19(21)24-13-16)25-14-17-6-5-7-18(12-17)15-26(2)3;/h5-9,12-13H,4,10-11,14-15H2,1-3H3,(H2,22,23,25);1H. The second kappa shape index (κ2) is 12.9. The maximum absolute atomic E-state index is 5.82. The van der Waals surface area contributed by atoms with Gasteiger partial charge in [-0.1, -0.05) is 41.9 Å². The van der Waals surface area contributed by atoms with Crippen LogP contribution >= 0.6 is 35.6 Å². The summed E-state index contributed by atoms with van der Waals surface area (Å²) < 4.78 is 0. The highest BCUT2D eigenvalue weighted by Gasteiger charge is 2.01. The summed E-state index contributed by atoms with van der Waals surface area (Å²) in [6.45, 7) is 5.27. The van der Waals surface area contributed by atoms with Crippen LogP contribution < -0.4 is 10.6 Å². The number of benzene rings is 1. The molecule has 0 saturated carbocycles. The van der Waals surface area contributed by atoms with E-state index >= 15 is 0 Å². The van der Waals surface area contributed by atoms with Gasteiger partial charge in [0.1, 0.15) is 5.15 Å². The Morgan fingerprint density at radius 2 is 1.89 bits per heavy atom. The molecule has 27 heavy (non-hydrogen) atoms. The zero-order chi connectivity index (χ0) is 18.8. The molecule has 0 spiro atoms. The number of halogens is 2. The van der Waals surface area contributed by atoms with Gasteiger partial charge in [0, 0.05) is 25.8 Å². The number of hydrogen-bond acceptors (Lipinski definition) is 3. The third-order valence-electron chi connectivity index (χ3n) is 3.75. The third kappa shape index (κ3) is 9.39. The number of aromatic nitrogens is 1. The maximum Gasteiger partial charge on any atom is 0.191 e. The van der Waals surface area contributed by atoms with Crippen molar-refractivity contribution in [3.8, 4) is 0 Å². The molecule has 0 aliphatic heterocycles. The number of guanidine groups is 1. The van der Waals surface area contributed by atoms with Crippen molar-refractivity contribution in [1.82, 2.24) is 20.5 Å². The summed E-state index contributed by atoms with van der Waals surface area (Å²) in [5, 5.41) is 7.18. The maximum atomic E-state index is 5.82. The fourth-order valence-corrected chi connectivity index (χ4v) is 2.69. The lowest BCUT2D eigenvalue weighted by Crippen LogP contribution is -2.38. The van der Waals surface area contributed by atoms with Gasteiger partial charge in [0.2, 0.25) is 0 Å². The van der Waals surface area contributed by atoms with Gasteiger partial charge in [0.15, 0.2) is 5.96 Å². The van der Waals surface area contributed by atoms with Crippen LogP contribution in [0.25, 0.3) is 0 Å². The van der Waals surface area contributed by atoms with Crippen LogP contribution in [0, 0.1) is 0 Å². The van der Waals surface area contributed by atoms with Crippen LogP contribution in [-0.2, 0) is 19.5 Å². The Bertz CT molecular complexity index is 704. The number of aliphatic imine (C=N–C) groups is 1. The van der Waals surface area contributed by atoms with E-state index < -0.39 is 0 Å². The molecule has 1 aromatic heterocycles. The van der Waals surface area contributed by atoms with E-state index in [2.05, 4.69) is 65.8 Å². The van der Waals surface area contributed by atoms with Gasteiger partial charge in [-0.3, -0.25) is 0 Å². The fourth-order valence-electron chi connectivity index (χ4n) is 2.58. The van der Waals surface area contributed by atoms with Gasteiger partial charge >= 0.3 is 0 Å². The predicted molar refractivity (Wildman–Crippen MR) is 125 cm³/mol. The average Bonchev–Trinajstić information content (AvgIpc) is 2.61. The van der Waals surface area contributed by atoms with Crippen molar-refractivity contribution < 1.29 is 0 Å². The molecule has 2 N–H and O–H groups in total. The van der Waals surface area contributed by atoms with Gasteiger partial charge in [0.25, 0.3) is 0 Å². The summed E-state index contributed by atoms with van der Waals surface area (Å²) >= 11 is 5.82. The molecule has 0 atom stereocenters. The van der Waals surface area contributed by atoms with Crippen molar-refractivity contribution in [2.24, 2.45) is 4.99 Å². The zero-order valence-corrected chi connectivity index (χ0v) is 19.3. The van der Waals surface area contributed by atoms with Crippen LogP contribution in [0.15, 0.2) is 47.6 Å². The Hall–Kier alpha value is -1.38. The molecule has 0 bridgehead atoms. The molecule has 0 aliphatic rings. The lowest BCUT2D eigenvalue weighted by atomic mass is 10.1. The molecule has 0 fully saturated rings. The van der Waals surface area contributed by atoms with E-state index in [9.17, 15) is 0 Å². The Morgan fingerprint density at radius 3 is 2.56 bits per heavy atom. The normalized spacial score (nSPS) is 11.2. The molecule has 0 unspecified atom stereocenters. The first kappa shape index (κ1) is 23.7. The smallest absolute Gasteiger partial charge is 0.191 e. The predicted octanol–water partition coefficient (Wildman–Crippen LogP) is 3.71. The number of pyridine rings is 1. The van der Waals surface area contributed by atoms with Gasteiger partial charge in [-0.05, 0) is 50.2 Å². The summed E-state index contributed by atoms with van der Waals surface area (Å²) in [7, 11) is 4.16. The van der Waals surface area contributed by atoms with Gasteiger partial charge in [-0.25, -0.2) is 9.98 Å². The molecule has 2 aromatic rings. The molecule has 2 rings (SSSR count). The van der Waals surface area contributed by atoms with E-state index in [-0.39, 0.29) is 24.0 Å². The van der Waals surface area contributed by atoms with Gasteiger partial charge in [0.05, 0.1) is 6.54 Å². The highest BCUT2D eigenvalue weighted by atomic mass is 127. The average molecular weight is 502 g/mol. The molecule has 0 amide bonds. The largest absolute Gasteiger partial charge is 0.357 e. The summed E-state index contributed by atoms with van der Waals surface area (Å²) in [5.41, 5.74) is 3.66. The van der Waals surface area contributed by atoms with Crippen LogP contribution in [0.3, 0.4) is 0 Å². The van der Waals surface area contributed by atoms with Gasteiger partial charge in [-0.2, -0.15) is 0 Å². The highest BCUT2D eigenvalue weighted by molar-refractivity contribution is 14.0. The van der Waals surface area contributed by atoms with Crippen molar-refractivity contribution in [2.75, 3.05) is 27.2 Å². The molecule has 5 nitrogen and oxygen atoms in total. The summed E-state index contributed by atoms with van der Waals surface area (Å²) in [6.07, 6.45) is 2.68. The van der Waals surface area contributed by atoms with Crippen LogP contribution in [0.1, 0.15) is 23.6 Å². The quantitative estimate of drug-likeness (QED) is 0.251. The SMILES string of the molecule is CCNC(=NCc1cccc(CN(C)C)c1)NCCc1ccc(Cl)nc1.I. The van der Waals surface area contributed by atoms with E-state index in [0.29, 0.717) is 11.7 Å². The summed E-state index contributed by atoms with van der Waals surface area (Å²) in [4.78, 5) is 11.0. The first-order valence-electron chi connectivity index (χ1n) is 8.92. The van der Waals surface area contributed by atoms with E-state index in [1.165, 1.54) is 11.1 Å². The lowest BCUT2D eigenvalue weighted by Gasteiger charge is -2.12. The van der Waals surface area contributed by atoms with E-state index in [4.69, 9.17) is 16.6 Å². The van der Waals surface area contributed by atoms with E-state index in [1.807, 2.05) is 18.3 Å². The second-order valence-electron chi connectivity index (χ2n) is 6.42. The Balaban J connectivity index is 0.00000364. The summed E-state index contributed by atoms with van der Waals surface area (Å²) in [6, 6.07) is 12.4. The van der Waals surface area contributed by atoms with Crippen molar-refractivity contribution in [1.29, 1.82) is 0 Å². The monoisotopic (exact) mass is 501 g/mol. The first-order chi connectivity index (χ1) is 12.6. The molecular formula is C20H29ClIN5. The number of nitrogens with zero attached hydrogens (tertiary/aromatic N) is 3. The number of hydrogen-bond donors (Lipinski definition) is 2. The van der Waals surface area contributed by atoms with Crippen molar-refractivity contribution in [3.05, 3.63) is 64.4 Å². The van der Waals surface area contributed by atoms with Crippen LogP contribution in [0.2, 0.25) is 5.15 Å². The lowest BCUT2D eigenvalue weighted by molar-refractivity contribution is 0.402. The van der Waals surface area contributed by atoms with E-state index in [1.54, 1.807) is 0 Å². The molecule has 1 aromatic carbocycles. The van der Waals surface area contributed by atoms with Crippen LogP contribution in [-0.4, -0.2) is 43.0 Å². The highest BCUT2D eigenvalue weighted by Crippen LogP contribution is 2.08. The molecule has 1 heterocycles. The van der Waals surface area contributed by atoms with Crippen LogP contribution in [0.5, 0.6) is 0 Å². The molecular weight excluding hydrogens is 473 g/mol. The minimum Gasteiger partial charge on any atom is -0.357 e. The number of nitrogens with one attached hydrogen (secondary N) is 2. The minimum atomic E-state index is 0. The fraction of sp³-hybridized carbons (Fsp3) is 0.400. The molecule has 7 heteroatoms. The Kier molecular flexibility index (Phi) is 11.3. The minimum absolute atomic E-state index is 0. The molecule has 0 saturated heterocycles. The Labute approximate surface area is 184 Å². The first-order valence-corrected chi connectivity index (χ1v) is 9.29. The number of rotatable bonds is 8. The topological polar surface area (TPSA) is 52.6 Å². The van der Waals surface area contributed by atoms with E-state index in [0.717, 1.165) is 37.6 Å². The Morgan fingerprint density at radius 1 is 1.11 bits per heavy atom. The van der Waals surface area contributed by atoms with Gasteiger partial charge < -0.3 is 15.5 Å². The van der Waals surface area contributed by atoms with Crippen LogP contribution in [0.4, 0.5) is 0 Å². The zero-order valence-electron chi connectivity index (χ0n) is 16.2. The van der Waals surface area contributed by atoms with Gasteiger partial charge in [-0.15, -0.1) is 24.0 Å². The molecule has 148 valence electrons. The van der Waals surface area contributed by atoms with Crippen molar-refractivity contribution >= 4 is 41.5 Å². The second-order valence-corrected chi connectivity index (χ2v) is 6.81. The third-order valence-corrected chi connectivity index (χ3v) is 3.97. The van der Waals surface area contributed by atoms with Crippen molar-refractivity contribution in [3.63, 3.8) is 0 Å².